The maximum Gasteiger partial charge on any atom is 0.296 e. The first kappa shape index (κ1) is 11.2. The number of benzene rings is 1. The maximum absolute atomic E-state index is 13.9. The highest BCUT2D eigenvalue weighted by Crippen LogP contribution is 2.32. The van der Waals surface area contributed by atoms with E-state index in [0.717, 1.165) is 6.07 Å². The number of carbonyl (C=O) groups is 2. The fourth-order valence-corrected chi connectivity index (χ4v) is 2.36. The number of hydrogen-bond donors (Lipinski definition) is 2. The molecule has 1 atom stereocenters. The summed E-state index contributed by atoms with van der Waals surface area (Å²) in [6, 6.07) is 2.53. The van der Waals surface area contributed by atoms with E-state index >= 15 is 0 Å². The molecule has 2 aliphatic heterocycles. The van der Waals surface area contributed by atoms with Gasteiger partial charge in [-0.15, -0.1) is 0 Å². The highest BCUT2D eigenvalue weighted by atomic mass is 19.1. The number of anilines is 2. The Labute approximate surface area is 102 Å². The quantitative estimate of drug-likeness (QED) is 0.713. The average Bonchev–Trinajstić information content (AvgIpc) is 2.86. The minimum atomic E-state index is -0.733. The van der Waals surface area contributed by atoms with Crippen molar-refractivity contribution >= 4 is 23.1 Å². The van der Waals surface area contributed by atoms with Gasteiger partial charge in [-0.3, -0.25) is 9.59 Å². The number of amides is 1. The number of aliphatic hydroxyl groups is 1. The van der Waals surface area contributed by atoms with Gasteiger partial charge < -0.3 is 15.3 Å². The third-order valence-electron chi connectivity index (χ3n) is 3.29. The van der Waals surface area contributed by atoms with E-state index in [-0.39, 0.29) is 5.56 Å². The lowest BCUT2D eigenvalue weighted by molar-refractivity contribution is -0.112. The van der Waals surface area contributed by atoms with Gasteiger partial charge in [-0.25, -0.2) is 4.39 Å². The number of nitrogens with zero attached hydrogens (tertiary/aromatic N) is 1. The summed E-state index contributed by atoms with van der Waals surface area (Å²) in [5, 5.41) is 11.8. The first-order chi connectivity index (χ1) is 8.56. The Morgan fingerprint density at radius 3 is 2.83 bits per heavy atom. The lowest BCUT2D eigenvalue weighted by Gasteiger charge is -2.19. The van der Waals surface area contributed by atoms with E-state index in [1.165, 1.54) is 6.07 Å². The normalized spacial score (nSPS) is 22.3. The lowest BCUT2D eigenvalue weighted by atomic mass is 10.1. The number of hydrogen-bond acceptors (Lipinski definition) is 4. The third-order valence-corrected chi connectivity index (χ3v) is 3.29. The summed E-state index contributed by atoms with van der Waals surface area (Å²) in [4.78, 5) is 24.3. The van der Waals surface area contributed by atoms with E-state index in [1.807, 2.05) is 0 Å². The summed E-state index contributed by atoms with van der Waals surface area (Å²) in [5.74, 6) is -1.99. The molecule has 1 aromatic carbocycles. The number of Topliss-reactive ketones (excluding diaryl/α,β-unsaturated/α-hetero) is 1. The molecular weight excluding hydrogens is 239 g/mol. The SMILES string of the molecule is O=C1Nc2cc(N3CCC(O)C3)c(F)cc2C1=O. The second kappa shape index (κ2) is 3.78. The van der Waals surface area contributed by atoms with Crippen LogP contribution in [0.15, 0.2) is 12.1 Å². The summed E-state index contributed by atoms with van der Waals surface area (Å²) in [6.07, 6.45) is 0.121. The van der Waals surface area contributed by atoms with E-state index in [9.17, 15) is 19.1 Å². The van der Waals surface area contributed by atoms with Gasteiger partial charge in [0.1, 0.15) is 5.82 Å². The number of halogens is 1. The number of aliphatic hydroxyl groups excluding tert-OH is 1. The molecule has 1 aromatic rings. The lowest BCUT2D eigenvalue weighted by Crippen LogP contribution is -2.22. The van der Waals surface area contributed by atoms with Gasteiger partial charge in [0, 0.05) is 13.1 Å². The molecule has 1 amide bonds. The van der Waals surface area contributed by atoms with Gasteiger partial charge in [0.05, 0.1) is 23.0 Å². The van der Waals surface area contributed by atoms with Crippen molar-refractivity contribution in [3.05, 3.63) is 23.5 Å². The summed E-state index contributed by atoms with van der Waals surface area (Å²) in [6.45, 7) is 0.913. The van der Waals surface area contributed by atoms with Crippen LogP contribution in [0.3, 0.4) is 0 Å². The molecule has 0 radical (unpaired) electrons. The minimum absolute atomic E-state index is 0.0704. The number of carbonyl (C=O) groups excluding carboxylic acids is 2. The van der Waals surface area contributed by atoms with Crippen molar-refractivity contribution in [2.45, 2.75) is 12.5 Å². The molecule has 1 saturated heterocycles. The molecule has 0 aromatic heterocycles. The zero-order valence-electron chi connectivity index (χ0n) is 9.44. The summed E-state index contributed by atoms with van der Waals surface area (Å²) >= 11 is 0. The fourth-order valence-electron chi connectivity index (χ4n) is 2.36. The van der Waals surface area contributed by atoms with E-state index in [1.54, 1.807) is 4.90 Å². The second-order valence-electron chi connectivity index (χ2n) is 4.52. The molecule has 18 heavy (non-hydrogen) atoms. The van der Waals surface area contributed by atoms with E-state index in [4.69, 9.17) is 0 Å². The number of nitrogens with one attached hydrogen (secondary N) is 1. The maximum atomic E-state index is 13.9. The Hall–Kier alpha value is -1.95. The predicted molar refractivity (Wildman–Crippen MR) is 62.2 cm³/mol. The van der Waals surface area contributed by atoms with Crippen LogP contribution in [0.5, 0.6) is 0 Å². The zero-order chi connectivity index (χ0) is 12.9. The zero-order valence-corrected chi connectivity index (χ0v) is 9.44. The number of rotatable bonds is 1. The molecule has 2 heterocycles. The van der Waals surface area contributed by atoms with Crippen molar-refractivity contribution < 1.29 is 19.1 Å². The molecule has 0 bridgehead atoms. The van der Waals surface area contributed by atoms with Gasteiger partial charge in [0.25, 0.3) is 11.7 Å². The fraction of sp³-hybridized carbons (Fsp3) is 0.333. The average molecular weight is 250 g/mol. The molecule has 5 nitrogen and oxygen atoms in total. The largest absolute Gasteiger partial charge is 0.391 e. The van der Waals surface area contributed by atoms with Crippen LogP contribution >= 0.6 is 0 Å². The Kier molecular flexibility index (Phi) is 2.34. The Morgan fingerprint density at radius 2 is 2.17 bits per heavy atom. The van der Waals surface area contributed by atoms with Crippen LogP contribution in [0.4, 0.5) is 15.8 Å². The molecule has 1 fully saturated rings. The van der Waals surface area contributed by atoms with E-state index in [2.05, 4.69) is 5.32 Å². The van der Waals surface area contributed by atoms with Gasteiger partial charge >= 0.3 is 0 Å². The van der Waals surface area contributed by atoms with Crippen LogP contribution in [0.2, 0.25) is 0 Å². The molecule has 1 unspecified atom stereocenters. The smallest absolute Gasteiger partial charge is 0.296 e. The molecule has 2 N–H and O–H groups in total. The van der Waals surface area contributed by atoms with Gasteiger partial charge in [-0.1, -0.05) is 0 Å². The van der Waals surface area contributed by atoms with Crippen LogP contribution in [0.25, 0.3) is 0 Å². The summed E-state index contributed by atoms with van der Waals surface area (Å²) < 4.78 is 13.9. The van der Waals surface area contributed by atoms with Crippen LogP contribution < -0.4 is 10.2 Å². The molecule has 94 valence electrons. The van der Waals surface area contributed by atoms with Crippen molar-refractivity contribution in [1.82, 2.24) is 0 Å². The number of β-amino-alcohol motifs (C(OH)–C–C–N with tert-alkyl or cyclic N) is 1. The van der Waals surface area contributed by atoms with Gasteiger partial charge in [0.2, 0.25) is 0 Å². The van der Waals surface area contributed by atoms with Gasteiger partial charge in [-0.05, 0) is 18.6 Å². The Morgan fingerprint density at radius 1 is 1.39 bits per heavy atom. The number of ketones is 1. The van der Waals surface area contributed by atoms with E-state index in [0.29, 0.717) is 30.9 Å². The van der Waals surface area contributed by atoms with Crippen molar-refractivity contribution in [1.29, 1.82) is 0 Å². The van der Waals surface area contributed by atoms with Gasteiger partial charge in [0.15, 0.2) is 0 Å². The van der Waals surface area contributed by atoms with Crippen LogP contribution in [0.1, 0.15) is 16.8 Å². The highest BCUT2D eigenvalue weighted by molar-refractivity contribution is 6.51. The molecule has 6 heteroatoms. The van der Waals surface area contributed by atoms with Crippen molar-refractivity contribution in [2.75, 3.05) is 23.3 Å². The Bertz CT molecular complexity index is 558. The van der Waals surface area contributed by atoms with Gasteiger partial charge in [-0.2, -0.15) is 0 Å². The summed E-state index contributed by atoms with van der Waals surface area (Å²) in [7, 11) is 0. The van der Waals surface area contributed by atoms with Crippen molar-refractivity contribution in [2.24, 2.45) is 0 Å². The molecule has 0 aliphatic carbocycles. The van der Waals surface area contributed by atoms with Crippen LogP contribution in [-0.2, 0) is 4.79 Å². The third kappa shape index (κ3) is 1.57. The van der Waals surface area contributed by atoms with E-state index < -0.39 is 23.6 Å². The molecule has 0 saturated carbocycles. The Balaban J connectivity index is 2.01. The van der Waals surface area contributed by atoms with Crippen LogP contribution in [0, 0.1) is 5.82 Å². The monoisotopic (exact) mass is 250 g/mol. The second-order valence-corrected chi connectivity index (χ2v) is 4.52. The topological polar surface area (TPSA) is 69.6 Å². The standard InChI is InChI=1S/C12H11FN2O3/c13-8-3-7-9(14-12(18)11(7)17)4-10(8)15-2-1-6(16)5-15/h3-4,6,16H,1-2,5H2,(H,14,17,18). The molecule has 3 rings (SSSR count). The highest BCUT2D eigenvalue weighted by Gasteiger charge is 2.31. The molecule has 2 aliphatic rings. The molecular formula is C12H11FN2O3. The number of fused-ring (bicyclic) bond motifs is 1. The minimum Gasteiger partial charge on any atom is -0.391 e. The predicted octanol–water partition coefficient (Wildman–Crippen LogP) is 0.532. The van der Waals surface area contributed by atoms with Crippen molar-refractivity contribution in [3.8, 4) is 0 Å². The first-order valence-corrected chi connectivity index (χ1v) is 5.68. The first-order valence-electron chi connectivity index (χ1n) is 5.68. The molecule has 0 spiro atoms. The summed E-state index contributed by atoms with van der Waals surface area (Å²) in [5.41, 5.74) is 0.712. The van der Waals surface area contributed by atoms with Crippen molar-refractivity contribution in [3.63, 3.8) is 0 Å². The van der Waals surface area contributed by atoms with Crippen LogP contribution in [-0.4, -0.2) is 36.0 Å².